The maximum Gasteiger partial charge on any atom is 0.220 e. The van der Waals surface area contributed by atoms with Gasteiger partial charge in [-0.2, -0.15) is 5.10 Å². The maximum absolute atomic E-state index is 12.2. The first-order valence-corrected chi connectivity index (χ1v) is 9.10. The number of carbonyl (C=O) groups is 1. The van der Waals surface area contributed by atoms with E-state index in [1.807, 2.05) is 17.8 Å². The van der Waals surface area contributed by atoms with Crippen molar-refractivity contribution in [3.05, 3.63) is 23.0 Å². The first-order chi connectivity index (χ1) is 11.5. The maximum atomic E-state index is 12.2. The van der Waals surface area contributed by atoms with Gasteiger partial charge in [0, 0.05) is 29.6 Å². The van der Waals surface area contributed by atoms with Crippen molar-refractivity contribution < 1.29 is 4.79 Å². The Kier molecular flexibility index (Phi) is 4.88. The van der Waals surface area contributed by atoms with Gasteiger partial charge in [0.25, 0.3) is 0 Å². The molecule has 0 aliphatic heterocycles. The number of hydrogen-bond donors (Lipinski definition) is 1. The molecule has 2 heterocycles. The quantitative estimate of drug-likeness (QED) is 0.912. The first kappa shape index (κ1) is 16.9. The number of aromatic nitrogens is 3. The summed E-state index contributed by atoms with van der Waals surface area (Å²) in [6, 6.07) is 0.682. The van der Waals surface area contributed by atoms with Gasteiger partial charge in [0.1, 0.15) is 0 Å². The van der Waals surface area contributed by atoms with Crippen LogP contribution >= 0.6 is 0 Å². The SMILES string of the molecule is Cc1nc2c(cnn2C(C)C)c(C)c1CCC(=O)NC1CCCC1. The van der Waals surface area contributed by atoms with Crippen molar-refractivity contribution in [2.75, 3.05) is 0 Å². The summed E-state index contributed by atoms with van der Waals surface area (Å²) in [5, 5.41) is 8.74. The minimum absolute atomic E-state index is 0.165. The van der Waals surface area contributed by atoms with Gasteiger partial charge in [-0.05, 0) is 58.1 Å². The van der Waals surface area contributed by atoms with Gasteiger partial charge in [0.2, 0.25) is 5.91 Å². The number of amides is 1. The summed E-state index contributed by atoms with van der Waals surface area (Å²) in [5.41, 5.74) is 4.35. The van der Waals surface area contributed by atoms with Crippen LogP contribution in [0.15, 0.2) is 6.20 Å². The second-order valence-corrected chi connectivity index (χ2v) is 7.27. The topological polar surface area (TPSA) is 59.8 Å². The molecular formula is C19H28N4O. The number of aryl methyl sites for hydroxylation is 2. The molecule has 1 aliphatic rings. The lowest BCUT2D eigenvalue weighted by Gasteiger charge is -2.14. The Bertz CT molecular complexity index is 741. The van der Waals surface area contributed by atoms with E-state index >= 15 is 0 Å². The summed E-state index contributed by atoms with van der Waals surface area (Å²) in [6.45, 7) is 8.38. The summed E-state index contributed by atoms with van der Waals surface area (Å²) in [4.78, 5) is 17.0. The van der Waals surface area contributed by atoms with Gasteiger partial charge >= 0.3 is 0 Å². The largest absolute Gasteiger partial charge is 0.353 e. The molecule has 1 saturated carbocycles. The van der Waals surface area contributed by atoms with Crippen LogP contribution in [-0.2, 0) is 11.2 Å². The summed E-state index contributed by atoms with van der Waals surface area (Å²) >= 11 is 0. The predicted molar refractivity (Wildman–Crippen MR) is 96.1 cm³/mol. The monoisotopic (exact) mass is 328 g/mol. The van der Waals surface area contributed by atoms with E-state index < -0.39 is 0 Å². The van der Waals surface area contributed by atoms with Crippen LogP contribution in [0.4, 0.5) is 0 Å². The van der Waals surface area contributed by atoms with Crippen LogP contribution < -0.4 is 5.32 Å². The minimum atomic E-state index is 0.165. The minimum Gasteiger partial charge on any atom is -0.353 e. The molecule has 130 valence electrons. The average molecular weight is 328 g/mol. The third-order valence-electron chi connectivity index (χ3n) is 5.15. The van der Waals surface area contributed by atoms with Crippen molar-refractivity contribution >= 4 is 16.9 Å². The zero-order chi connectivity index (χ0) is 17.3. The fourth-order valence-corrected chi connectivity index (χ4v) is 3.75. The number of rotatable bonds is 5. The molecule has 2 aromatic rings. The van der Waals surface area contributed by atoms with E-state index in [2.05, 4.69) is 31.2 Å². The van der Waals surface area contributed by atoms with Crippen molar-refractivity contribution in [2.45, 2.75) is 78.3 Å². The molecule has 0 atom stereocenters. The number of hydrogen-bond acceptors (Lipinski definition) is 3. The molecule has 5 heteroatoms. The van der Waals surface area contributed by atoms with Gasteiger partial charge in [-0.15, -0.1) is 0 Å². The Morgan fingerprint density at radius 3 is 2.71 bits per heavy atom. The van der Waals surface area contributed by atoms with Gasteiger partial charge in [0.15, 0.2) is 5.65 Å². The molecule has 0 aromatic carbocycles. The molecule has 1 amide bonds. The molecule has 1 N–H and O–H groups in total. The summed E-state index contributed by atoms with van der Waals surface area (Å²) in [6.07, 6.45) is 7.92. The smallest absolute Gasteiger partial charge is 0.220 e. The van der Waals surface area contributed by atoms with Crippen LogP contribution in [0.2, 0.25) is 0 Å². The van der Waals surface area contributed by atoms with Crippen LogP contribution in [0, 0.1) is 13.8 Å². The molecule has 0 radical (unpaired) electrons. The van der Waals surface area contributed by atoms with Gasteiger partial charge in [-0.1, -0.05) is 12.8 Å². The fourth-order valence-electron chi connectivity index (χ4n) is 3.75. The predicted octanol–water partition coefficient (Wildman–Crippen LogP) is 3.62. The number of nitrogens with one attached hydrogen (secondary N) is 1. The highest BCUT2D eigenvalue weighted by molar-refractivity contribution is 5.81. The fraction of sp³-hybridized carbons (Fsp3) is 0.632. The van der Waals surface area contributed by atoms with Crippen LogP contribution in [0.3, 0.4) is 0 Å². The van der Waals surface area contributed by atoms with Crippen LogP contribution in [0.1, 0.15) is 68.8 Å². The zero-order valence-corrected chi connectivity index (χ0v) is 15.2. The van der Waals surface area contributed by atoms with Crippen molar-refractivity contribution in [3.8, 4) is 0 Å². The van der Waals surface area contributed by atoms with Crippen molar-refractivity contribution in [3.63, 3.8) is 0 Å². The molecule has 0 unspecified atom stereocenters. The number of carbonyl (C=O) groups excluding carboxylic acids is 1. The average Bonchev–Trinajstić information content (AvgIpc) is 3.16. The van der Waals surface area contributed by atoms with Gasteiger partial charge in [-0.25, -0.2) is 9.67 Å². The number of nitrogens with zero attached hydrogens (tertiary/aromatic N) is 3. The second kappa shape index (κ2) is 6.91. The Balaban J connectivity index is 1.75. The number of pyridine rings is 1. The molecule has 3 rings (SSSR count). The van der Waals surface area contributed by atoms with Crippen LogP contribution in [0.5, 0.6) is 0 Å². The van der Waals surface area contributed by atoms with Crippen LogP contribution in [-0.4, -0.2) is 26.7 Å². The molecule has 24 heavy (non-hydrogen) atoms. The highest BCUT2D eigenvalue weighted by atomic mass is 16.1. The van der Waals surface area contributed by atoms with Crippen molar-refractivity contribution in [1.29, 1.82) is 0 Å². The molecule has 1 fully saturated rings. The highest BCUT2D eigenvalue weighted by Gasteiger charge is 2.19. The zero-order valence-electron chi connectivity index (χ0n) is 15.2. The van der Waals surface area contributed by atoms with E-state index in [0.29, 0.717) is 12.5 Å². The molecule has 0 saturated heterocycles. The first-order valence-electron chi connectivity index (χ1n) is 9.10. The lowest BCUT2D eigenvalue weighted by molar-refractivity contribution is -0.121. The molecule has 5 nitrogen and oxygen atoms in total. The lowest BCUT2D eigenvalue weighted by atomic mass is 10.00. The number of fused-ring (bicyclic) bond motifs is 1. The molecule has 0 spiro atoms. The van der Waals surface area contributed by atoms with Gasteiger partial charge < -0.3 is 5.32 Å². The Hall–Kier alpha value is -1.91. The molecular weight excluding hydrogens is 300 g/mol. The Morgan fingerprint density at radius 1 is 1.33 bits per heavy atom. The second-order valence-electron chi connectivity index (χ2n) is 7.27. The lowest BCUT2D eigenvalue weighted by Crippen LogP contribution is -2.32. The van der Waals surface area contributed by atoms with E-state index in [9.17, 15) is 4.79 Å². The van der Waals surface area contributed by atoms with Crippen LogP contribution in [0.25, 0.3) is 11.0 Å². The molecule has 2 aromatic heterocycles. The summed E-state index contributed by atoms with van der Waals surface area (Å²) in [5.74, 6) is 0.165. The third-order valence-corrected chi connectivity index (χ3v) is 5.15. The molecule has 1 aliphatic carbocycles. The van der Waals surface area contributed by atoms with E-state index in [1.165, 1.54) is 24.0 Å². The summed E-state index contributed by atoms with van der Waals surface area (Å²) in [7, 11) is 0. The van der Waals surface area contributed by atoms with Crippen molar-refractivity contribution in [1.82, 2.24) is 20.1 Å². The Labute approximate surface area is 143 Å². The summed E-state index contributed by atoms with van der Waals surface area (Å²) < 4.78 is 1.96. The standard InChI is InChI=1S/C19H28N4O/c1-12(2)23-19-17(11-20-23)13(3)16(14(4)21-19)9-10-18(24)22-15-7-5-6-8-15/h11-12,15H,5-10H2,1-4H3,(H,22,24). The van der Waals surface area contributed by atoms with E-state index in [1.54, 1.807) is 0 Å². The van der Waals surface area contributed by atoms with Gasteiger partial charge in [-0.3, -0.25) is 4.79 Å². The van der Waals surface area contributed by atoms with Crippen molar-refractivity contribution in [2.24, 2.45) is 0 Å². The van der Waals surface area contributed by atoms with E-state index in [-0.39, 0.29) is 11.9 Å². The highest BCUT2D eigenvalue weighted by Crippen LogP contribution is 2.25. The normalized spacial score (nSPS) is 15.5. The van der Waals surface area contributed by atoms with Gasteiger partial charge in [0.05, 0.1) is 6.20 Å². The van der Waals surface area contributed by atoms with E-state index in [4.69, 9.17) is 4.98 Å². The van der Waals surface area contributed by atoms with E-state index in [0.717, 1.165) is 36.0 Å². The Morgan fingerprint density at radius 2 is 2.04 bits per heavy atom. The molecule has 0 bridgehead atoms. The third kappa shape index (κ3) is 3.30.